The number of nitrogens with zero attached hydrogens (tertiary/aromatic N) is 2. The van der Waals surface area contributed by atoms with E-state index in [1.165, 1.54) is 0 Å². The summed E-state index contributed by atoms with van der Waals surface area (Å²) in [6.07, 6.45) is 0. The van der Waals surface area contributed by atoms with Crippen molar-refractivity contribution in [3.63, 3.8) is 0 Å². The van der Waals surface area contributed by atoms with Crippen LogP contribution in [0.5, 0.6) is 0 Å². The maximum absolute atomic E-state index is 12.0. The first-order valence-corrected chi connectivity index (χ1v) is 6.75. The van der Waals surface area contributed by atoms with Crippen LogP contribution in [0.2, 0.25) is 0 Å². The topological polar surface area (TPSA) is 44.7 Å². The molecule has 2 rings (SSSR count). The van der Waals surface area contributed by atoms with Crippen molar-refractivity contribution in [1.29, 1.82) is 0 Å². The van der Waals surface area contributed by atoms with E-state index in [2.05, 4.69) is 10.5 Å². The van der Waals surface area contributed by atoms with Crippen LogP contribution >= 0.6 is 0 Å². The number of benzene rings is 2. The molecule has 0 radical (unpaired) electrons. The standard InChI is InChI=1S/C17H19N3O/c1-13(14-7-5-4-6-8-14)18-19-17(21)15-9-11-16(12-10-15)20(2)3/h4-12H,1-3H3,(H,19,21). The van der Waals surface area contributed by atoms with Gasteiger partial charge in [0, 0.05) is 25.3 Å². The van der Waals surface area contributed by atoms with Crippen LogP contribution in [-0.2, 0) is 0 Å². The molecular weight excluding hydrogens is 262 g/mol. The van der Waals surface area contributed by atoms with Gasteiger partial charge in [0.25, 0.3) is 5.91 Å². The van der Waals surface area contributed by atoms with Crippen molar-refractivity contribution in [3.05, 3.63) is 65.7 Å². The Balaban J connectivity index is 2.04. The molecule has 2 aromatic carbocycles. The molecule has 0 saturated heterocycles. The van der Waals surface area contributed by atoms with E-state index in [4.69, 9.17) is 0 Å². The van der Waals surface area contributed by atoms with E-state index in [1.807, 2.05) is 68.4 Å². The zero-order chi connectivity index (χ0) is 15.2. The molecular formula is C17H19N3O. The Bertz CT molecular complexity index is 631. The van der Waals surface area contributed by atoms with Gasteiger partial charge in [-0.15, -0.1) is 0 Å². The Morgan fingerprint density at radius 1 is 0.952 bits per heavy atom. The molecule has 0 atom stereocenters. The lowest BCUT2D eigenvalue weighted by Crippen LogP contribution is -2.19. The fraction of sp³-hybridized carbons (Fsp3) is 0.176. The highest BCUT2D eigenvalue weighted by Crippen LogP contribution is 2.12. The first-order valence-electron chi connectivity index (χ1n) is 6.75. The largest absolute Gasteiger partial charge is 0.378 e. The van der Waals surface area contributed by atoms with Gasteiger partial charge in [0.15, 0.2) is 0 Å². The van der Waals surface area contributed by atoms with Gasteiger partial charge in [-0.2, -0.15) is 5.10 Å². The van der Waals surface area contributed by atoms with E-state index in [0.29, 0.717) is 5.56 Å². The number of rotatable bonds is 4. The zero-order valence-electron chi connectivity index (χ0n) is 12.5. The van der Waals surface area contributed by atoms with Crippen LogP contribution in [0.3, 0.4) is 0 Å². The number of anilines is 1. The Morgan fingerprint density at radius 2 is 1.57 bits per heavy atom. The summed E-state index contributed by atoms with van der Waals surface area (Å²) in [6.45, 7) is 1.87. The van der Waals surface area contributed by atoms with Crippen LogP contribution in [0.1, 0.15) is 22.8 Å². The average Bonchev–Trinajstić information content (AvgIpc) is 2.53. The van der Waals surface area contributed by atoms with E-state index in [9.17, 15) is 4.79 Å². The van der Waals surface area contributed by atoms with Crippen molar-refractivity contribution in [2.45, 2.75) is 6.92 Å². The summed E-state index contributed by atoms with van der Waals surface area (Å²) in [6, 6.07) is 17.1. The molecule has 1 amide bonds. The second-order valence-corrected chi connectivity index (χ2v) is 4.95. The van der Waals surface area contributed by atoms with Crippen molar-refractivity contribution in [1.82, 2.24) is 5.43 Å². The van der Waals surface area contributed by atoms with Gasteiger partial charge in [0.05, 0.1) is 5.71 Å². The fourth-order valence-corrected chi connectivity index (χ4v) is 1.85. The lowest BCUT2D eigenvalue weighted by Gasteiger charge is -2.12. The van der Waals surface area contributed by atoms with Crippen LogP contribution in [0.15, 0.2) is 59.7 Å². The molecule has 0 fully saturated rings. The summed E-state index contributed by atoms with van der Waals surface area (Å²) < 4.78 is 0. The first kappa shape index (κ1) is 14.8. The Hall–Kier alpha value is -2.62. The lowest BCUT2D eigenvalue weighted by atomic mass is 10.1. The quantitative estimate of drug-likeness (QED) is 0.692. The lowest BCUT2D eigenvalue weighted by molar-refractivity contribution is 0.0955. The molecule has 1 N–H and O–H groups in total. The number of carbonyl (C=O) groups is 1. The molecule has 0 spiro atoms. The van der Waals surface area contributed by atoms with Crippen molar-refractivity contribution >= 4 is 17.3 Å². The number of hydrazone groups is 1. The normalized spacial score (nSPS) is 11.1. The maximum atomic E-state index is 12.0. The Kier molecular flexibility index (Phi) is 4.72. The van der Waals surface area contributed by atoms with Gasteiger partial charge in [-0.3, -0.25) is 4.79 Å². The SMILES string of the molecule is CC(=NNC(=O)c1ccc(N(C)C)cc1)c1ccccc1. The number of amides is 1. The van der Waals surface area contributed by atoms with Crippen molar-refractivity contribution in [2.24, 2.45) is 5.10 Å². The molecule has 108 valence electrons. The molecule has 0 aromatic heterocycles. The number of carbonyl (C=O) groups excluding carboxylic acids is 1. The van der Waals surface area contributed by atoms with E-state index in [-0.39, 0.29) is 5.91 Å². The second kappa shape index (κ2) is 6.70. The Morgan fingerprint density at radius 3 is 2.14 bits per heavy atom. The van der Waals surface area contributed by atoms with E-state index < -0.39 is 0 Å². The third kappa shape index (κ3) is 3.92. The predicted molar refractivity (Wildman–Crippen MR) is 86.9 cm³/mol. The molecule has 0 heterocycles. The molecule has 0 unspecified atom stereocenters. The minimum atomic E-state index is -0.212. The van der Waals surface area contributed by atoms with E-state index in [0.717, 1.165) is 17.0 Å². The summed E-state index contributed by atoms with van der Waals surface area (Å²) in [5.41, 5.74) is 5.98. The summed E-state index contributed by atoms with van der Waals surface area (Å²) in [5.74, 6) is -0.212. The molecule has 0 aliphatic carbocycles. The number of hydrogen-bond donors (Lipinski definition) is 1. The van der Waals surface area contributed by atoms with Crippen molar-refractivity contribution in [2.75, 3.05) is 19.0 Å². The molecule has 4 heteroatoms. The second-order valence-electron chi connectivity index (χ2n) is 4.95. The van der Waals surface area contributed by atoms with Gasteiger partial charge in [-0.1, -0.05) is 30.3 Å². The summed E-state index contributed by atoms with van der Waals surface area (Å²) in [7, 11) is 3.92. The molecule has 0 aliphatic heterocycles. The van der Waals surface area contributed by atoms with Gasteiger partial charge >= 0.3 is 0 Å². The number of nitrogens with one attached hydrogen (secondary N) is 1. The van der Waals surface area contributed by atoms with Crippen LogP contribution < -0.4 is 10.3 Å². The zero-order valence-corrected chi connectivity index (χ0v) is 12.5. The van der Waals surface area contributed by atoms with Crippen molar-refractivity contribution < 1.29 is 4.79 Å². The number of hydrogen-bond acceptors (Lipinski definition) is 3. The van der Waals surface area contributed by atoms with Gasteiger partial charge in [-0.05, 0) is 36.8 Å². The summed E-state index contributed by atoms with van der Waals surface area (Å²) in [5, 5.41) is 4.13. The molecule has 2 aromatic rings. The van der Waals surface area contributed by atoms with Crippen LogP contribution in [0.25, 0.3) is 0 Å². The highest BCUT2D eigenvalue weighted by Gasteiger charge is 2.05. The highest BCUT2D eigenvalue weighted by atomic mass is 16.2. The highest BCUT2D eigenvalue weighted by molar-refractivity contribution is 6.00. The molecule has 0 bridgehead atoms. The Labute approximate surface area is 125 Å². The fourth-order valence-electron chi connectivity index (χ4n) is 1.85. The van der Waals surface area contributed by atoms with Gasteiger partial charge < -0.3 is 4.90 Å². The molecule has 4 nitrogen and oxygen atoms in total. The van der Waals surface area contributed by atoms with Crippen LogP contribution in [0, 0.1) is 0 Å². The van der Waals surface area contributed by atoms with Gasteiger partial charge in [0.2, 0.25) is 0 Å². The predicted octanol–water partition coefficient (Wildman–Crippen LogP) is 2.91. The minimum Gasteiger partial charge on any atom is -0.378 e. The molecule has 0 aliphatic rings. The summed E-state index contributed by atoms with van der Waals surface area (Å²) >= 11 is 0. The third-order valence-corrected chi connectivity index (χ3v) is 3.16. The molecule has 21 heavy (non-hydrogen) atoms. The maximum Gasteiger partial charge on any atom is 0.271 e. The van der Waals surface area contributed by atoms with E-state index in [1.54, 1.807) is 12.1 Å². The summed E-state index contributed by atoms with van der Waals surface area (Å²) in [4.78, 5) is 14.0. The third-order valence-electron chi connectivity index (χ3n) is 3.16. The smallest absolute Gasteiger partial charge is 0.271 e. The van der Waals surface area contributed by atoms with Gasteiger partial charge in [-0.25, -0.2) is 5.43 Å². The van der Waals surface area contributed by atoms with Crippen molar-refractivity contribution in [3.8, 4) is 0 Å². The minimum absolute atomic E-state index is 0.212. The average molecular weight is 281 g/mol. The van der Waals surface area contributed by atoms with Crippen LogP contribution in [-0.4, -0.2) is 25.7 Å². The van der Waals surface area contributed by atoms with Crippen LogP contribution in [0.4, 0.5) is 5.69 Å². The first-order chi connectivity index (χ1) is 10.1. The van der Waals surface area contributed by atoms with Gasteiger partial charge in [0.1, 0.15) is 0 Å². The monoisotopic (exact) mass is 281 g/mol. The molecule has 0 saturated carbocycles. The van der Waals surface area contributed by atoms with E-state index >= 15 is 0 Å².